The van der Waals surface area contributed by atoms with Crippen LogP contribution in [0.3, 0.4) is 0 Å². The Bertz CT molecular complexity index is 1030. The molecule has 3 atom stereocenters. The maximum Gasteiger partial charge on any atom is 0.252 e. The molecule has 2 amide bonds. The summed E-state index contributed by atoms with van der Waals surface area (Å²) in [4.78, 5) is 38.8. The van der Waals surface area contributed by atoms with Crippen LogP contribution < -0.4 is 10.6 Å². The van der Waals surface area contributed by atoms with E-state index in [4.69, 9.17) is 4.74 Å². The molecule has 182 valence electrons. The van der Waals surface area contributed by atoms with Crippen LogP contribution >= 0.6 is 0 Å². The maximum absolute atomic E-state index is 13.0. The molecule has 8 heteroatoms. The molecular weight excluding hydrogens is 436 g/mol. The molecule has 8 nitrogen and oxygen atoms in total. The summed E-state index contributed by atoms with van der Waals surface area (Å²) in [7, 11) is 0. The topological polar surface area (TPSA) is 128 Å². The molecule has 0 unspecified atom stereocenters. The van der Waals surface area contributed by atoms with Gasteiger partial charge in [-0.05, 0) is 42.0 Å². The van der Waals surface area contributed by atoms with E-state index in [1.807, 2.05) is 56.3 Å². The summed E-state index contributed by atoms with van der Waals surface area (Å²) in [6, 6.07) is 12.9. The Balaban J connectivity index is 1.74. The fourth-order valence-corrected chi connectivity index (χ4v) is 3.80. The van der Waals surface area contributed by atoms with Crippen LogP contribution in [0.4, 0.5) is 0 Å². The van der Waals surface area contributed by atoms with E-state index in [-0.39, 0.29) is 12.5 Å². The van der Waals surface area contributed by atoms with Crippen LogP contribution in [-0.4, -0.2) is 65.3 Å². The zero-order valence-electron chi connectivity index (χ0n) is 19.7. The monoisotopic (exact) mass is 468 g/mol. The van der Waals surface area contributed by atoms with Crippen molar-refractivity contribution in [1.29, 1.82) is 0 Å². The van der Waals surface area contributed by atoms with E-state index < -0.39 is 48.5 Å². The second-order valence-corrected chi connectivity index (χ2v) is 9.10. The summed E-state index contributed by atoms with van der Waals surface area (Å²) in [5.74, 6) is -1.52. The minimum atomic E-state index is -1.28. The molecule has 0 radical (unpaired) electrons. The van der Waals surface area contributed by atoms with E-state index >= 15 is 0 Å². The molecule has 2 aromatic carbocycles. The summed E-state index contributed by atoms with van der Waals surface area (Å²) in [6.45, 7) is 4.59. The molecule has 34 heavy (non-hydrogen) atoms. The number of hydrogen-bond acceptors (Lipinski definition) is 6. The first-order valence-electron chi connectivity index (χ1n) is 11.4. The second kappa shape index (κ2) is 10.9. The molecule has 1 aliphatic heterocycles. The Morgan fingerprint density at radius 3 is 2.24 bits per heavy atom. The van der Waals surface area contributed by atoms with Crippen molar-refractivity contribution in [2.45, 2.75) is 44.9 Å². The number of aliphatic hydroxyl groups is 2. The van der Waals surface area contributed by atoms with Crippen LogP contribution in [0.2, 0.25) is 0 Å². The average Bonchev–Trinajstić information content (AvgIpc) is 3.63. The van der Waals surface area contributed by atoms with Crippen molar-refractivity contribution < 1.29 is 29.3 Å². The van der Waals surface area contributed by atoms with Crippen molar-refractivity contribution >= 4 is 17.6 Å². The number of carbonyl (C=O) groups excluding carboxylic acids is 3. The van der Waals surface area contributed by atoms with Gasteiger partial charge in [0.2, 0.25) is 5.91 Å². The standard InChI is InChI=1S/C26H32N2O6/c1-16(2)11-21(23(31)26(14-30)15-34-26)27-25(33)22(13-29)28-24(32)20-12-19(10-9-17(20)3)18-7-5-4-6-8-18/h4-10,12,16,21-22,29-30H,11,13-15H2,1-3H3,(H,27,33)(H,28,32)/t21-,22-,26+/m0/s1. The van der Waals surface area contributed by atoms with Gasteiger partial charge in [-0.3, -0.25) is 14.4 Å². The van der Waals surface area contributed by atoms with Crippen molar-refractivity contribution in [1.82, 2.24) is 10.6 Å². The van der Waals surface area contributed by atoms with Crippen molar-refractivity contribution in [2.24, 2.45) is 5.92 Å². The number of epoxide rings is 1. The molecule has 2 aromatic rings. The van der Waals surface area contributed by atoms with Gasteiger partial charge in [0, 0.05) is 5.56 Å². The number of rotatable bonds is 11. The van der Waals surface area contributed by atoms with Gasteiger partial charge in [0.15, 0.2) is 11.4 Å². The number of ether oxygens (including phenoxy) is 1. The molecule has 0 saturated carbocycles. The molecule has 3 rings (SSSR count). The molecule has 1 saturated heterocycles. The zero-order valence-corrected chi connectivity index (χ0v) is 19.7. The van der Waals surface area contributed by atoms with Crippen molar-refractivity contribution in [3.8, 4) is 11.1 Å². The Hall–Kier alpha value is -3.07. The third kappa shape index (κ3) is 5.88. The summed E-state index contributed by atoms with van der Waals surface area (Å²) >= 11 is 0. The lowest BCUT2D eigenvalue weighted by atomic mass is 9.92. The maximum atomic E-state index is 13.0. The Labute approximate surface area is 199 Å². The first-order valence-corrected chi connectivity index (χ1v) is 11.4. The Kier molecular flexibility index (Phi) is 8.19. The van der Waals surface area contributed by atoms with Crippen LogP contribution in [0.25, 0.3) is 11.1 Å². The lowest BCUT2D eigenvalue weighted by Gasteiger charge is -2.25. The summed E-state index contributed by atoms with van der Waals surface area (Å²) in [5.41, 5.74) is 1.62. The molecule has 0 aliphatic carbocycles. The SMILES string of the molecule is Cc1ccc(-c2ccccc2)cc1C(=O)N[C@@H](CO)C(=O)N[C@@H](CC(C)C)C(=O)[C@@]1(CO)CO1. The molecule has 0 bridgehead atoms. The van der Waals surface area contributed by atoms with Crippen LogP contribution in [-0.2, 0) is 14.3 Å². The molecular formula is C26H32N2O6. The Morgan fingerprint density at radius 1 is 1.00 bits per heavy atom. The first-order chi connectivity index (χ1) is 16.2. The lowest BCUT2D eigenvalue weighted by Crippen LogP contribution is -2.55. The molecule has 0 spiro atoms. The minimum Gasteiger partial charge on any atom is -0.394 e. The van der Waals surface area contributed by atoms with Crippen LogP contribution in [0.5, 0.6) is 0 Å². The van der Waals surface area contributed by atoms with Crippen LogP contribution in [0.1, 0.15) is 36.2 Å². The molecule has 0 aromatic heterocycles. The number of benzene rings is 2. The first kappa shape index (κ1) is 25.6. The van der Waals surface area contributed by atoms with Gasteiger partial charge in [0.1, 0.15) is 6.04 Å². The quantitative estimate of drug-likeness (QED) is 0.371. The second-order valence-electron chi connectivity index (χ2n) is 9.10. The van der Waals surface area contributed by atoms with Gasteiger partial charge < -0.3 is 25.6 Å². The van der Waals surface area contributed by atoms with E-state index in [9.17, 15) is 24.6 Å². The number of amides is 2. The van der Waals surface area contributed by atoms with E-state index in [0.29, 0.717) is 12.0 Å². The van der Waals surface area contributed by atoms with Gasteiger partial charge in [0.25, 0.3) is 5.91 Å². The molecule has 4 N–H and O–H groups in total. The lowest BCUT2D eigenvalue weighted by molar-refractivity contribution is -0.133. The van der Waals surface area contributed by atoms with Crippen LogP contribution in [0.15, 0.2) is 48.5 Å². The highest BCUT2D eigenvalue weighted by molar-refractivity contribution is 6.01. The number of nitrogens with one attached hydrogen (secondary N) is 2. The number of Topliss-reactive ketones (excluding diaryl/α,β-unsaturated/α-hetero) is 1. The van der Waals surface area contributed by atoms with Crippen molar-refractivity contribution in [2.75, 3.05) is 19.8 Å². The number of hydrogen-bond donors (Lipinski definition) is 4. The highest BCUT2D eigenvalue weighted by Gasteiger charge is 2.54. The highest BCUT2D eigenvalue weighted by Crippen LogP contribution is 2.30. The van der Waals surface area contributed by atoms with Gasteiger partial charge in [-0.2, -0.15) is 0 Å². The predicted molar refractivity (Wildman–Crippen MR) is 127 cm³/mol. The van der Waals surface area contributed by atoms with Crippen LogP contribution in [0, 0.1) is 12.8 Å². The van der Waals surface area contributed by atoms with Gasteiger partial charge in [-0.25, -0.2) is 0 Å². The summed E-state index contributed by atoms with van der Waals surface area (Å²) in [5, 5.41) is 24.5. The smallest absolute Gasteiger partial charge is 0.252 e. The van der Waals surface area contributed by atoms with Gasteiger partial charge >= 0.3 is 0 Å². The number of aryl methyl sites for hydroxylation is 1. The van der Waals surface area contributed by atoms with Gasteiger partial charge in [0.05, 0.1) is 25.9 Å². The van der Waals surface area contributed by atoms with E-state index in [1.54, 1.807) is 13.0 Å². The van der Waals surface area contributed by atoms with Crippen molar-refractivity contribution in [3.05, 3.63) is 59.7 Å². The summed E-state index contributed by atoms with van der Waals surface area (Å²) in [6.07, 6.45) is 0.333. The summed E-state index contributed by atoms with van der Waals surface area (Å²) < 4.78 is 5.15. The average molecular weight is 469 g/mol. The van der Waals surface area contributed by atoms with Gasteiger partial charge in [-0.1, -0.05) is 56.3 Å². The normalized spacial score (nSPS) is 18.8. The third-order valence-electron chi connectivity index (χ3n) is 5.93. The number of ketones is 1. The zero-order chi connectivity index (χ0) is 24.9. The molecule has 1 heterocycles. The highest BCUT2D eigenvalue weighted by atomic mass is 16.6. The van der Waals surface area contributed by atoms with E-state index in [2.05, 4.69) is 10.6 Å². The minimum absolute atomic E-state index is 0.0780. The van der Waals surface area contributed by atoms with Gasteiger partial charge in [-0.15, -0.1) is 0 Å². The van der Waals surface area contributed by atoms with E-state index in [1.165, 1.54) is 0 Å². The number of carbonyl (C=O) groups is 3. The third-order valence-corrected chi connectivity index (χ3v) is 5.93. The molecule has 1 fully saturated rings. The fourth-order valence-electron chi connectivity index (χ4n) is 3.80. The van der Waals surface area contributed by atoms with E-state index in [0.717, 1.165) is 16.7 Å². The number of aliphatic hydroxyl groups excluding tert-OH is 2. The van der Waals surface area contributed by atoms with Crippen molar-refractivity contribution in [3.63, 3.8) is 0 Å². The Morgan fingerprint density at radius 2 is 1.68 bits per heavy atom. The fraction of sp³-hybridized carbons (Fsp3) is 0.423. The predicted octanol–water partition coefficient (Wildman–Crippen LogP) is 1.61. The largest absolute Gasteiger partial charge is 0.394 e. The molecule has 1 aliphatic rings.